The highest BCUT2D eigenvalue weighted by Gasteiger charge is 2.24. The van der Waals surface area contributed by atoms with E-state index >= 15 is 0 Å². The van der Waals surface area contributed by atoms with Gasteiger partial charge in [0.25, 0.3) is 0 Å². The van der Waals surface area contributed by atoms with E-state index in [1.165, 1.54) is 6.42 Å². The van der Waals surface area contributed by atoms with Gasteiger partial charge in [0.2, 0.25) is 0 Å². The van der Waals surface area contributed by atoms with E-state index in [1.807, 2.05) is 37.3 Å². The second kappa shape index (κ2) is 6.20. The Labute approximate surface area is 141 Å². The molecule has 1 aromatic heterocycles. The average Bonchev–Trinajstić information content (AvgIpc) is 2.94. The van der Waals surface area contributed by atoms with Crippen LogP contribution in [0.15, 0.2) is 30.3 Å². The fraction of sp³-hybridized carbons (Fsp3) is 0.333. The van der Waals surface area contributed by atoms with Crippen molar-refractivity contribution in [2.45, 2.75) is 20.3 Å². The molecule has 0 spiro atoms. The molecule has 0 saturated carbocycles. The molecule has 1 aromatic carbocycles. The normalized spacial score (nSPS) is 17.5. The first-order chi connectivity index (χ1) is 11.0. The maximum absolute atomic E-state index is 7.73. The van der Waals surface area contributed by atoms with E-state index in [2.05, 4.69) is 16.8 Å². The molecule has 23 heavy (non-hydrogen) atoms. The number of hydrogen-bond donors (Lipinski definition) is 2. The van der Waals surface area contributed by atoms with Crippen LogP contribution in [0.4, 0.5) is 5.69 Å². The van der Waals surface area contributed by atoms with E-state index in [0.29, 0.717) is 16.6 Å². The first kappa shape index (κ1) is 15.8. The molecule has 2 aromatic rings. The lowest BCUT2D eigenvalue weighted by molar-refractivity contribution is 0.659. The number of halogens is 1. The van der Waals surface area contributed by atoms with Crippen molar-refractivity contribution in [3.63, 3.8) is 0 Å². The van der Waals surface area contributed by atoms with Crippen molar-refractivity contribution in [3.8, 4) is 11.1 Å². The summed E-state index contributed by atoms with van der Waals surface area (Å²) in [5.41, 5.74) is 10.1. The summed E-state index contributed by atoms with van der Waals surface area (Å²) in [5, 5.41) is 8.44. The number of anilines is 1. The number of pyridine rings is 1. The molecule has 5 heteroatoms. The van der Waals surface area contributed by atoms with Gasteiger partial charge >= 0.3 is 0 Å². The standard InChI is InChI=1S/C18H21ClN4/c1-11-7-8-23(10-11)16-9-15(18(20)21)22-12(2)17(16)13-5-3-4-6-14(13)19/h3-6,9,11H,7-8,10H2,1-2H3,(H3,20,21). The third-order valence-corrected chi connectivity index (χ3v) is 4.69. The molecule has 3 rings (SSSR count). The Bertz CT molecular complexity index is 757. The first-order valence-electron chi connectivity index (χ1n) is 7.83. The zero-order valence-electron chi connectivity index (χ0n) is 13.4. The SMILES string of the molecule is Cc1nc(C(=N)N)cc(N2CCC(C)C2)c1-c1ccccc1Cl. The molecule has 1 aliphatic heterocycles. The monoisotopic (exact) mass is 328 g/mol. The number of rotatable bonds is 3. The van der Waals surface area contributed by atoms with E-state index in [1.54, 1.807) is 0 Å². The number of benzene rings is 1. The van der Waals surface area contributed by atoms with Gasteiger partial charge in [-0.3, -0.25) is 5.41 Å². The third kappa shape index (κ3) is 3.04. The van der Waals surface area contributed by atoms with Crippen LogP contribution in [0.2, 0.25) is 5.02 Å². The highest BCUT2D eigenvalue weighted by Crippen LogP contribution is 2.39. The predicted octanol–water partition coefficient (Wildman–Crippen LogP) is 3.84. The number of nitrogens with two attached hydrogens (primary N) is 1. The first-order valence-corrected chi connectivity index (χ1v) is 8.21. The van der Waals surface area contributed by atoms with Crippen LogP contribution in [-0.2, 0) is 0 Å². The summed E-state index contributed by atoms with van der Waals surface area (Å²) in [4.78, 5) is 6.86. The molecule has 120 valence electrons. The van der Waals surface area contributed by atoms with E-state index in [-0.39, 0.29) is 5.84 Å². The Balaban J connectivity index is 2.21. The number of nitrogens with one attached hydrogen (secondary N) is 1. The van der Waals surface area contributed by atoms with E-state index in [4.69, 9.17) is 22.7 Å². The van der Waals surface area contributed by atoms with Crippen molar-refractivity contribution < 1.29 is 0 Å². The molecule has 0 bridgehead atoms. The van der Waals surface area contributed by atoms with Crippen LogP contribution >= 0.6 is 11.6 Å². The molecule has 0 amide bonds. The minimum absolute atomic E-state index is 0.00713. The molecule has 0 aliphatic carbocycles. The van der Waals surface area contributed by atoms with Gasteiger partial charge in [-0.25, -0.2) is 4.98 Å². The van der Waals surface area contributed by atoms with E-state index in [0.717, 1.165) is 35.6 Å². The molecule has 1 unspecified atom stereocenters. The molecule has 4 nitrogen and oxygen atoms in total. The van der Waals surface area contributed by atoms with Crippen LogP contribution in [0.5, 0.6) is 0 Å². The number of nitrogen functional groups attached to an aromatic ring is 1. The fourth-order valence-corrected chi connectivity index (χ4v) is 3.42. The van der Waals surface area contributed by atoms with Gasteiger partial charge in [0, 0.05) is 40.6 Å². The molecule has 1 atom stereocenters. The zero-order valence-corrected chi connectivity index (χ0v) is 14.2. The number of aryl methyl sites for hydroxylation is 1. The Hall–Kier alpha value is -2.07. The average molecular weight is 329 g/mol. The van der Waals surface area contributed by atoms with Crippen LogP contribution < -0.4 is 10.6 Å². The van der Waals surface area contributed by atoms with Crippen molar-refractivity contribution in [2.24, 2.45) is 11.7 Å². The number of nitrogens with zero attached hydrogens (tertiary/aromatic N) is 2. The van der Waals surface area contributed by atoms with Gasteiger partial charge in [0.1, 0.15) is 11.5 Å². The Morgan fingerprint density at radius 1 is 1.39 bits per heavy atom. The van der Waals surface area contributed by atoms with Crippen LogP contribution in [0.3, 0.4) is 0 Å². The lowest BCUT2D eigenvalue weighted by Crippen LogP contribution is -2.22. The largest absolute Gasteiger partial charge is 0.382 e. The summed E-state index contributed by atoms with van der Waals surface area (Å²) >= 11 is 6.43. The highest BCUT2D eigenvalue weighted by atomic mass is 35.5. The minimum Gasteiger partial charge on any atom is -0.382 e. The lowest BCUT2D eigenvalue weighted by atomic mass is 10.0. The van der Waals surface area contributed by atoms with Gasteiger partial charge in [0.15, 0.2) is 0 Å². The number of aromatic nitrogens is 1. The van der Waals surface area contributed by atoms with Gasteiger partial charge in [-0.2, -0.15) is 0 Å². The van der Waals surface area contributed by atoms with Crippen LogP contribution in [-0.4, -0.2) is 23.9 Å². The molecule has 1 saturated heterocycles. The van der Waals surface area contributed by atoms with Crippen molar-refractivity contribution in [3.05, 3.63) is 46.7 Å². The zero-order chi connectivity index (χ0) is 16.6. The summed E-state index contributed by atoms with van der Waals surface area (Å²) in [6.45, 7) is 6.21. The second-order valence-electron chi connectivity index (χ2n) is 6.22. The molecule has 2 heterocycles. The predicted molar refractivity (Wildman–Crippen MR) is 96.4 cm³/mol. The minimum atomic E-state index is -0.00713. The maximum Gasteiger partial charge on any atom is 0.141 e. The molecular formula is C18H21ClN4. The quantitative estimate of drug-likeness (QED) is 0.664. The Kier molecular flexibility index (Phi) is 4.26. The Morgan fingerprint density at radius 3 is 2.74 bits per heavy atom. The Morgan fingerprint density at radius 2 is 2.13 bits per heavy atom. The van der Waals surface area contributed by atoms with Crippen LogP contribution in [0.1, 0.15) is 24.7 Å². The second-order valence-corrected chi connectivity index (χ2v) is 6.63. The molecule has 3 N–H and O–H groups in total. The van der Waals surface area contributed by atoms with Gasteiger partial charge in [-0.05, 0) is 31.4 Å². The summed E-state index contributed by atoms with van der Waals surface area (Å²) in [6, 6.07) is 9.74. The van der Waals surface area contributed by atoms with Crippen molar-refractivity contribution in [2.75, 3.05) is 18.0 Å². The maximum atomic E-state index is 7.73. The fourth-order valence-electron chi connectivity index (χ4n) is 3.19. The summed E-state index contributed by atoms with van der Waals surface area (Å²) < 4.78 is 0. The molecule has 0 radical (unpaired) electrons. The smallest absolute Gasteiger partial charge is 0.141 e. The highest BCUT2D eigenvalue weighted by molar-refractivity contribution is 6.33. The molecular weight excluding hydrogens is 308 g/mol. The van der Waals surface area contributed by atoms with E-state index in [9.17, 15) is 0 Å². The third-order valence-electron chi connectivity index (χ3n) is 4.36. The molecule has 1 aliphatic rings. The van der Waals surface area contributed by atoms with Gasteiger partial charge < -0.3 is 10.6 Å². The topological polar surface area (TPSA) is 66.0 Å². The number of amidine groups is 1. The summed E-state index contributed by atoms with van der Waals surface area (Å²) in [6.07, 6.45) is 1.17. The van der Waals surface area contributed by atoms with Crippen LogP contribution in [0.25, 0.3) is 11.1 Å². The van der Waals surface area contributed by atoms with Gasteiger partial charge in [-0.15, -0.1) is 0 Å². The van der Waals surface area contributed by atoms with Gasteiger partial charge in [-0.1, -0.05) is 36.7 Å². The molecule has 1 fully saturated rings. The summed E-state index contributed by atoms with van der Waals surface area (Å²) in [5.74, 6) is 0.649. The van der Waals surface area contributed by atoms with Crippen molar-refractivity contribution in [1.82, 2.24) is 4.98 Å². The van der Waals surface area contributed by atoms with E-state index < -0.39 is 0 Å². The van der Waals surface area contributed by atoms with Crippen LogP contribution in [0, 0.1) is 18.3 Å². The number of hydrogen-bond acceptors (Lipinski definition) is 3. The lowest BCUT2D eigenvalue weighted by Gasteiger charge is -2.24. The summed E-state index contributed by atoms with van der Waals surface area (Å²) in [7, 11) is 0. The van der Waals surface area contributed by atoms with Gasteiger partial charge in [0.05, 0.1) is 0 Å². The van der Waals surface area contributed by atoms with Crippen molar-refractivity contribution >= 4 is 23.1 Å². The van der Waals surface area contributed by atoms with Crippen molar-refractivity contribution in [1.29, 1.82) is 5.41 Å².